The van der Waals surface area contributed by atoms with E-state index >= 15 is 0 Å². The van der Waals surface area contributed by atoms with Crippen molar-refractivity contribution in [1.29, 1.82) is 0 Å². The van der Waals surface area contributed by atoms with Crippen molar-refractivity contribution in [2.45, 2.75) is 13.8 Å². The van der Waals surface area contributed by atoms with E-state index in [-0.39, 0.29) is 0 Å². The second-order valence-electron chi connectivity index (χ2n) is 2.34. The molecule has 0 heterocycles. The summed E-state index contributed by atoms with van der Waals surface area (Å²) in [5, 5.41) is 0. The number of hydrogen-bond donors (Lipinski definition) is 0. The highest BCUT2D eigenvalue weighted by molar-refractivity contribution is 9.10. The first-order valence-electron chi connectivity index (χ1n) is 3.49. The topological polar surface area (TPSA) is 12.4 Å². The van der Waals surface area contributed by atoms with E-state index in [0.29, 0.717) is 0 Å². The van der Waals surface area contributed by atoms with E-state index in [0.717, 1.165) is 10.2 Å². The Morgan fingerprint density at radius 1 is 1.45 bits per heavy atom. The van der Waals surface area contributed by atoms with Crippen LogP contribution in [0.3, 0.4) is 0 Å². The van der Waals surface area contributed by atoms with E-state index in [2.05, 4.69) is 33.9 Å². The van der Waals surface area contributed by atoms with Crippen molar-refractivity contribution in [1.82, 2.24) is 0 Å². The molecule has 0 fully saturated rings. The van der Waals surface area contributed by atoms with Crippen molar-refractivity contribution in [3.63, 3.8) is 0 Å². The molecule has 0 aromatic heterocycles. The van der Waals surface area contributed by atoms with Gasteiger partial charge < -0.3 is 0 Å². The Kier molecular flexibility index (Phi) is 2.83. The average molecular weight is 212 g/mol. The summed E-state index contributed by atoms with van der Waals surface area (Å²) in [5.74, 6) is 0. The Morgan fingerprint density at radius 2 is 2.18 bits per heavy atom. The van der Waals surface area contributed by atoms with Crippen molar-refractivity contribution < 1.29 is 0 Å². The van der Waals surface area contributed by atoms with Gasteiger partial charge in [0.2, 0.25) is 0 Å². The molecule has 0 saturated carbocycles. The first-order chi connectivity index (χ1) is 5.24. The fraction of sp³-hybridized carbons (Fsp3) is 0.222. The van der Waals surface area contributed by atoms with Gasteiger partial charge in [0, 0.05) is 10.7 Å². The minimum Gasteiger partial charge on any atom is -0.260 e. The molecule has 0 unspecified atom stereocenters. The predicted octanol–water partition coefficient (Wildman–Crippen LogP) is 3.48. The molecular weight excluding hydrogens is 202 g/mol. The lowest BCUT2D eigenvalue weighted by Gasteiger charge is -1.97. The first kappa shape index (κ1) is 8.47. The molecule has 0 bridgehead atoms. The molecule has 0 saturated heterocycles. The summed E-state index contributed by atoms with van der Waals surface area (Å²) in [6.45, 7) is 3.97. The molecule has 0 spiro atoms. The van der Waals surface area contributed by atoms with Crippen LogP contribution in [-0.4, -0.2) is 6.21 Å². The quantitative estimate of drug-likeness (QED) is 0.632. The van der Waals surface area contributed by atoms with E-state index in [1.54, 1.807) is 6.21 Å². The molecule has 0 aliphatic rings. The number of aliphatic imine (C=N–C) groups is 1. The van der Waals surface area contributed by atoms with Crippen LogP contribution in [0.5, 0.6) is 0 Å². The molecule has 1 nitrogen and oxygen atoms in total. The Morgan fingerprint density at radius 3 is 2.73 bits per heavy atom. The molecule has 58 valence electrons. The smallest absolute Gasteiger partial charge is 0.0767 e. The second-order valence-corrected chi connectivity index (χ2v) is 3.20. The van der Waals surface area contributed by atoms with E-state index in [1.165, 1.54) is 5.56 Å². The van der Waals surface area contributed by atoms with Crippen LogP contribution in [0.25, 0.3) is 0 Å². The van der Waals surface area contributed by atoms with E-state index < -0.39 is 0 Å². The molecule has 2 heteroatoms. The lowest BCUT2D eigenvalue weighted by molar-refractivity contribution is 1.41. The Bertz CT molecular complexity index is 279. The van der Waals surface area contributed by atoms with Crippen LogP contribution in [0.4, 0.5) is 5.69 Å². The molecule has 0 amide bonds. The fourth-order valence-corrected chi connectivity index (χ4v) is 1.45. The van der Waals surface area contributed by atoms with Gasteiger partial charge in [-0.25, -0.2) is 0 Å². The van der Waals surface area contributed by atoms with Crippen LogP contribution in [0.15, 0.2) is 27.7 Å². The van der Waals surface area contributed by atoms with E-state index in [9.17, 15) is 0 Å². The lowest BCUT2D eigenvalue weighted by atomic mass is 10.2. The molecule has 0 aliphatic heterocycles. The summed E-state index contributed by atoms with van der Waals surface area (Å²) in [5.41, 5.74) is 2.23. The standard InChI is InChI=1S/C9H10BrN/c1-3-11-9-5-4-7(2)6-8(9)10/h3-6H,1-2H3/b11-3+. The number of rotatable bonds is 1. The number of nitrogens with zero attached hydrogens (tertiary/aromatic N) is 1. The Labute approximate surface area is 75.3 Å². The summed E-state index contributed by atoms with van der Waals surface area (Å²) < 4.78 is 1.05. The number of hydrogen-bond acceptors (Lipinski definition) is 1. The van der Waals surface area contributed by atoms with Gasteiger partial charge in [-0.3, -0.25) is 4.99 Å². The van der Waals surface area contributed by atoms with Gasteiger partial charge in [0.15, 0.2) is 0 Å². The van der Waals surface area contributed by atoms with Gasteiger partial charge in [0.25, 0.3) is 0 Å². The third-order valence-corrected chi connectivity index (χ3v) is 2.01. The van der Waals surface area contributed by atoms with E-state index in [1.807, 2.05) is 19.1 Å². The highest BCUT2D eigenvalue weighted by Gasteiger charge is 1.95. The summed E-state index contributed by atoms with van der Waals surface area (Å²) in [7, 11) is 0. The maximum absolute atomic E-state index is 4.18. The van der Waals surface area contributed by atoms with Crippen molar-refractivity contribution in [3.8, 4) is 0 Å². The maximum atomic E-state index is 4.18. The molecule has 0 atom stereocenters. The molecule has 0 N–H and O–H groups in total. The van der Waals surface area contributed by atoms with Crippen molar-refractivity contribution in [2.24, 2.45) is 4.99 Å². The lowest BCUT2D eigenvalue weighted by Crippen LogP contribution is -1.72. The minimum absolute atomic E-state index is 0.984. The molecule has 0 aliphatic carbocycles. The molecule has 1 aromatic rings. The van der Waals surface area contributed by atoms with Gasteiger partial charge in [0.05, 0.1) is 5.69 Å². The first-order valence-corrected chi connectivity index (χ1v) is 4.28. The number of halogens is 1. The normalized spacial score (nSPS) is 10.8. The summed E-state index contributed by atoms with van der Waals surface area (Å²) in [4.78, 5) is 4.18. The van der Waals surface area contributed by atoms with Crippen molar-refractivity contribution >= 4 is 27.8 Å². The zero-order valence-electron chi connectivity index (χ0n) is 6.63. The third kappa shape index (κ3) is 2.15. The van der Waals surface area contributed by atoms with Crippen LogP contribution in [-0.2, 0) is 0 Å². The number of aryl methyl sites for hydroxylation is 1. The summed E-state index contributed by atoms with van der Waals surface area (Å²) >= 11 is 3.43. The highest BCUT2D eigenvalue weighted by Crippen LogP contribution is 2.25. The molecule has 0 radical (unpaired) electrons. The van der Waals surface area contributed by atoms with Crippen molar-refractivity contribution in [2.75, 3.05) is 0 Å². The van der Waals surface area contributed by atoms with Gasteiger partial charge in [-0.1, -0.05) is 6.07 Å². The van der Waals surface area contributed by atoms with Gasteiger partial charge in [-0.15, -0.1) is 0 Å². The maximum Gasteiger partial charge on any atom is 0.0767 e. The number of benzene rings is 1. The third-order valence-electron chi connectivity index (χ3n) is 1.37. The van der Waals surface area contributed by atoms with Gasteiger partial charge in [-0.05, 0) is 47.5 Å². The summed E-state index contributed by atoms with van der Waals surface area (Å²) in [6, 6.07) is 6.11. The molecular formula is C9H10BrN. The Hall–Kier alpha value is -0.630. The molecule has 1 aromatic carbocycles. The van der Waals surface area contributed by atoms with Crippen LogP contribution in [0.2, 0.25) is 0 Å². The van der Waals surface area contributed by atoms with Crippen LogP contribution >= 0.6 is 15.9 Å². The molecule has 1 rings (SSSR count). The van der Waals surface area contributed by atoms with Gasteiger partial charge in [-0.2, -0.15) is 0 Å². The summed E-state index contributed by atoms with van der Waals surface area (Å²) in [6.07, 6.45) is 1.79. The monoisotopic (exact) mass is 211 g/mol. The minimum atomic E-state index is 0.984. The predicted molar refractivity (Wildman–Crippen MR) is 52.7 cm³/mol. The van der Waals surface area contributed by atoms with Gasteiger partial charge >= 0.3 is 0 Å². The highest BCUT2D eigenvalue weighted by atomic mass is 79.9. The zero-order chi connectivity index (χ0) is 8.27. The second kappa shape index (κ2) is 3.67. The molecule has 11 heavy (non-hydrogen) atoms. The zero-order valence-corrected chi connectivity index (χ0v) is 8.22. The average Bonchev–Trinajstić information content (AvgIpc) is 1.95. The van der Waals surface area contributed by atoms with Gasteiger partial charge in [0.1, 0.15) is 0 Å². The van der Waals surface area contributed by atoms with E-state index in [4.69, 9.17) is 0 Å². The van der Waals surface area contributed by atoms with Crippen LogP contribution in [0.1, 0.15) is 12.5 Å². The SMILES string of the molecule is C/C=N/c1ccc(C)cc1Br. The van der Waals surface area contributed by atoms with Crippen LogP contribution in [0, 0.1) is 6.92 Å². The van der Waals surface area contributed by atoms with Crippen molar-refractivity contribution in [3.05, 3.63) is 28.2 Å². The fourth-order valence-electron chi connectivity index (χ4n) is 0.856. The largest absolute Gasteiger partial charge is 0.260 e. The Balaban J connectivity index is 3.09. The van der Waals surface area contributed by atoms with Crippen LogP contribution < -0.4 is 0 Å².